The van der Waals surface area contributed by atoms with Crippen LogP contribution in [0.5, 0.6) is 5.75 Å². The number of aliphatic imine (C=N–C) groups is 1. The summed E-state index contributed by atoms with van der Waals surface area (Å²) in [6.07, 6.45) is 2.59. The van der Waals surface area contributed by atoms with Crippen molar-refractivity contribution in [3.05, 3.63) is 53.3 Å². The van der Waals surface area contributed by atoms with Gasteiger partial charge >= 0.3 is 51.4 Å². The SMILES string of the molecule is C=S(Cc1nc[c-]c(OCC)c1C)C1=Nc2ccccc2C1.[K+]. The number of fused-ring (bicyclic) bond motifs is 1. The number of nitrogens with zero attached hydrogens (tertiary/aromatic N) is 2. The van der Waals surface area contributed by atoms with Crippen molar-refractivity contribution in [1.29, 1.82) is 0 Å². The largest absolute Gasteiger partial charge is 1.00 e. The van der Waals surface area contributed by atoms with Crippen molar-refractivity contribution >= 4 is 27.1 Å². The van der Waals surface area contributed by atoms with E-state index in [1.165, 1.54) is 5.56 Å². The summed E-state index contributed by atoms with van der Waals surface area (Å²) in [7, 11) is -0.177. The second kappa shape index (κ2) is 8.69. The van der Waals surface area contributed by atoms with E-state index in [9.17, 15) is 0 Å². The molecule has 23 heavy (non-hydrogen) atoms. The molecule has 0 bridgehead atoms. The Morgan fingerprint density at radius 2 is 2.13 bits per heavy atom. The smallest absolute Gasteiger partial charge is 0.531 e. The maximum atomic E-state index is 5.59. The fourth-order valence-corrected chi connectivity index (χ4v) is 3.84. The minimum atomic E-state index is -0.177. The molecule has 0 radical (unpaired) electrons. The first-order valence-corrected chi connectivity index (χ1v) is 8.90. The van der Waals surface area contributed by atoms with E-state index in [0.717, 1.165) is 39.9 Å². The number of hydrogen-bond acceptors (Lipinski definition) is 3. The van der Waals surface area contributed by atoms with Crippen LogP contribution >= 0.6 is 10.5 Å². The predicted octanol–water partition coefficient (Wildman–Crippen LogP) is 1.08. The average molecular weight is 351 g/mol. The van der Waals surface area contributed by atoms with E-state index in [1.807, 2.05) is 19.9 Å². The maximum absolute atomic E-state index is 5.59. The van der Waals surface area contributed by atoms with Crippen LogP contribution in [0.1, 0.15) is 23.7 Å². The molecule has 0 saturated heterocycles. The first kappa shape index (κ1) is 19.0. The zero-order valence-electron chi connectivity index (χ0n) is 13.9. The molecule has 0 spiro atoms. The van der Waals surface area contributed by atoms with E-state index in [-0.39, 0.29) is 61.9 Å². The molecule has 3 rings (SSSR count). The van der Waals surface area contributed by atoms with Crippen LogP contribution in [0.3, 0.4) is 0 Å². The summed E-state index contributed by atoms with van der Waals surface area (Å²) in [6, 6.07) is 11.3. The van der Waals surface area contributed by atoms with Gasteiger partial charge in [0.1, 0.15) is 0 Å². The van der Waals surface area contributed by atoms with Gasteiger partial charge < -0.3 is 4.74 Å². The molecule has 0 amide bonds. The van der Waals surface area contributed by atoms with Crippen molar-refractivity contribution < 1.29 is 56.1 Å². The third-order valence-electron chi connectivity index (χ3n) is 3.70. The van der Waals surface area contributed by atoms with Crippen molar-refractivity contribution in [2.45, 2.75) is 26.0 Å². The summed E-state index contributed by atoms with van der Waals surface area (Å²) < 4.78 is 5.59. The van der Waals surface area contributed by atoms with Crippen LogP contribution in [0.25, 0.3) is 0 Å². The van der Waals surface area contributed by atoms with Crippen LogP contribution in [0, 0.1) is 13.0 Å². The Morgan fingerprint density at radius 1 is 1.35 bits per heavy atom. The number of benzene rings is 1. The quantitative estimate of drug-likeness (QED) is 0.470. The molecule has 0 aliphatic carbocycles. The summed E-state index contributed by atoms with van der Waals surface area (Å²) in [6.45, 7) is 4.65. The number of ether oxygens (including phenoxy) is 1. The van der Waals surface area contributed by atoms with Gasteiger partial charge in [-0.25, -0.2) is 4.99 Å². The molecule has 5 heteroatoms. The second-order valence-corrected chi connectivity index (χ2v) is 6.93. The Labute approximate surface area is 182 Å². The average Bonchev–Trinajstić information content (AvgIpc) is 2.95. The first-order valence-electron chi connectivity index (χ1n) is 7.34. The topological polar surface area (TPSA) is 34.5 Å². The molecule has 2 heterocycles. The van der Waals surface area contributed by atoms with E-state index in [4.69, 9.17) is 9.73 Å². The number of pyridine rings is 1. The van der Waals surface area contributed by atoms with Crippen molar-refractivity contribution in [1.82, 2.24) is 4.98 Å². The Hall–Kier alpha value is -0.304. The van der Waals surface area contributed by atoms with Gasteiger partial charge in [-0.3, -0.25) is 4.98 Å². The number of hydrogen-bond donors (Lipinski definition) is 0. The van der Waals surface area contributed by atoms with Crippen molar-refractivity contribution in [3.8, 4) is 5.75 Å². The molecular formula is C18H19KN2OS. The van der Waals surface area contributed by atoms with Crippen LogP contribution in [0.2, 0.25) is 0 Å². The van der Waals surface area contributed by atoms with Gasteiger partial charge in [0.05, 0.1) is 17.3 Å². The maximum Gasteiger partial charge on any atom is 1.00 e. The van der Waals surface area contributed by atoms with Gasteiger partial charge in [0.2, 0.25) is 0 Å². The van der Waals surface area contributed by atoms with E-state index in [2.05, 4.69) is 35.1 Å². The Morgan fingerprint density at radius 3 is 2.87 bits per heavy atom. The fourth-order valence-electron chi connectivity index (χ4n) is 2.47. The van der Waals surface area contributed by atoms with Crippen LogP contribution in [-0.2, 0) is 12.2 Å². The van der Waals surface area contributed by atoms with Crippen LogP contribution < -0.4 is 56.1 Å². The summed E-state index contributed by atoms with van der Waals surface area (Å²) in [5.41, 5.74) is 4.46. The van der Waals surface area contributed by atoms with Gasteiger partial charge in [-0.2, -0.15) is 6.07 Å². The molecule has 2 aromatic rings. The van der Waals surface area contributed by atoms with Crippen LogP contribution in [0.4, 0.5) is 5.69 Å². The predicted molar refractivity (Wildman–Crippen MR) is 94.6 cm³/mol. The number of para-hydroxylation sites is 1. The Kier molecular flexibility index (Phi) is 7.19. The zero-order chi connectivity index (χ0) is 15.5. The zero-order valence-corrected chi connectivity index (χ0v) is 17.9. The molecule has 0 fully saturated rings. The van der Waals surface area contributed by atoms with Crippen LogP contribution in [0.15, 0.2) is 35.5 Å². The molecular weight excluding hydrogens is 331 g/mol. The van der Waals surface area contributed by atoms with E-state index in [0.29, 0.717) is 6.61 Å². The first-order chi connectivity index (χ1) is 10.7. The van der Waals surface area contributed by atoms with Crippen molar-refractivity contribution in [3.63, 3.8) is 0 Å². The van der Waals surface area contributed by atoms with Crippen molar-refractivity contribution in [2.75, 3.05) is 6.61 Å². The molecule has 1 aliphatic heterocycles. The van der Waals surface area contributed by atoms with Gasteiger partial charge in [0, 0.05) is 12.2 Å². The summed E-state index contributed by atoms with van der Waals surface area (Å²) in [5, 5.41) is 1.16. The standard InChI is InChI=1S/C18H19N2OS.K/c1-4-21-17-9-10-19-16(13(17)2)12-22(3)18-11-14-7-5-6-8-15(14)20-18;/h5-8,10H,3-4,11-12H2,1-2H3;/q-1;+1. The monoisotopic (exact) mass is 350 g/mol. The third kappa shape index (κ3) is 4.41. The third-order valence-corrected chi connectivity index (χ3v) is 5.22. The van der Waals surface area contributed by atoms with Gasteiger partial charge in [0.25, 0.3) is 0 Å². The molecule has 0 saturated carbocycles. The van der Waals surface area contributed by atoms with Crippen molar-refractivity contribution in [2.24, 2.45) is 4.99 Å². The number of aromatic nitrogens is 1. The van der Waals surface area contributed by atoms with E-state index >= 15 is 0 Å². The van der Waals surface area contributed by atoms with Gasteiger partial charge in [-0.1, -0.05) is 30.3 Å². The molecule has 1 unspecified atom stereocenters. The van der Waals surface area contributed by atoms with E-state index < -0.39 is 0 Å². The molecule has 114 valence electrons. The Balaban J connectivity index is 0.00000192. The molecule has 1 aliphatic rings. The molecule has 1 aromatic heterocycles. The molecule has 1 aromatic carbocycles. The van der Waals surface area contributed by atoms with E-state index in [1.54, 1.807) is 6.20 Å². The van der Waals surface area contributed by atoms with Gasteiger partial charge in [-0.15, -0.1) is 23.0 Å². The summed E-state index contributed by atoms with van der Waals surface area (Å²) in [4.78, 5) is 9.19. The van der Waals surface area contributed by atoms with Gasteiger partial charge in [-0.05, 0) is 30.0 Å². The minimum Gasteiger partial charge on any atom is -0.531 e. The molecule has 1 atom stereocenters. The normalized spacial score (nSPS) is 13.7. The summed E-state index contributed by atoms with van der Waals surface area (Å²) in [5.74, 6) is 5.91. The molecule has 0 N–H and O–H groups in total. The second-order valence-electron chi connectivity index (χ2n) is 5.18. The summed E-state index contributed by atoms with van der Waals surface area (Å²) >= 11 is 0. The number of rotatable bonds is 4. The van der Waals surface area contributed by atoms with Crippen LogP contribution in [-0.4, -0.2) is 22.5 Å². The Bertz CT molecular complexity index is 758. The fraction of sp³-hybridized carbons (Fsp3) is 0.278. The minimum absolute atomic E-state index is 0. The van der Waals surface area contributed by atoms with Gasteiger partial charge in [0.15, 0.2) is 0 Å². The molecule has 3 nitrogen and oxygen atoms in total.